The van der Waals surface area contributed by atoms with Gasteiger partial charge in [0.1, 0.15) is 36.5 Å². The van der Waals surface area contributed by atoms with Crippen LogP contribution in [0.25, 0.3) is 22.3 Å². The van der Waals surface area contributed by atoms with Crippen molar-refractivity contribution in [1.82, 2.24) is 0 Å². The van der Waals surface area contributed by atoms with Crippen LogP contribution in [0.15, 0.2) is 72.8 Å². The van der Waals surface area contributed by atoms with Gasteiger partial charge in [0.15, 0.2) is 158 Å². The molecule has 0 amide bonds. The van der Waals surface area contributed by atoms with Crippen LogP contribution in [0, 0.1) is 0 Å². The minimum atomic E-state index is -3.14. The van der Waals surface area contributed by atoms with E-state index in [1.807, 2.05) is 0 Å². The molecule has 6 heterocycles. The number of rotatable bonds is 6. The Hall–Kier alpha value is -17.3. The number of hydrogen-bond donors (Lipinski definition) is 26. The highest BCUT2D eigenvalue weighted by Gasteiger charge is 2.58. The van der Waals surface area contributed by atoms with Gasteiger partial charge >= 0.3 is 53.7 Å². The molecule has 48 heteroatoms. The number of aliphatic hydroxyl groups excluding tert-OH is 1. The summed E-state index contributed by atoms with van der Waals surface area (Å²) < 4.78 is 74.4. The van der Waals surface area contributed by atoms with Crippen LogP contribution in [-0.2, 0) is 52.1 Å². The number of aliphatic hydroxyl groups is 1. The van der Waals surface area contributed by atoms with E-state index in [1.54, 1.807) is 0 Å². The van der Waals surface area contributed by atoms with Gasteiger partial charge in [-0.25, -0.2) is 43.2 Å². The quantitative estimate of drug-likeness (QED) is 0.0646. The maximum absolute atomic E-state index is 15.7. The number of carbonyl (C=O) groups is 9. The summed E-state index contributed by atoms with van der Waals surface area (Å²) in [6, 6.07) is 3.25. The molecule has 123 heavy (non-hydrogen) atoms. The van der Waals surface area contributed by atoms with Crippen molar-refractivity contribution in [3.8, 4) is 189 Å². The summed E-state index contributed by atoms with van der Waals surface area (Å²) in [6.45, 7) is -3.19. The van der Waals surface area contributed by atoms with Crippen LogP contribution in [-0.4, -0.2) is 261 Å². The van der Waals surface area contributed by atoms with Crippen LogP contribution in [0.5, 0.6) is 167 Å². The number of cyclic esters (lactones) is 1. The third-order valence-corrected chi connectivity index (χ3v) is 19.2. The van der Waals surface area contributed by atoms with E-state index >= 15 is 24.0 Å². The topological polar surface area (TPSA) is 800 Å². The summed E-state index contributed by atoms with van der Waals surface area (Å²) in [7, 11) is 0. The van der Waals surface area contributed by atoms with E-state index in [2.05, 4.69) is 0 Å². The molecule has 6 aliphatic rings. The molecule has 2 fully saturated rings. The third kappa shape index (κ3) is 14.0. The summed E-state index contributed by atoms with van der Waals surface area (Å²) in [5, 5.41) is 291. The molecule has 0 spiro atoms. The summed E-state index contributed by atoms with van der Waals surface area (Å²) in [6.07, 6.45) is -28.9. The minimum Gasteiger partial charge on any atom is -0.504 e. The zero-order valence-corrected chi connectivity index (χ0v) is 60.2. The van der Waals surface area contributed by atoms with E-state index in [0.29, 0.717) is 36.4 Å². The van der Waals surface area contributed by atoms with Gasteiger partial charge in [0.25, 0.3) is 0 Å². The number of ether oxygens (including phenoxy) is 13. The molecule has 640 valence electrons. The van der Waals surface area contributed by atoms with Gasteiger partial charge in [-0.15, -0.1) is 0 Å². The van der Waals surface area contributed by atoms with Crippen molar-refractivity contribution < 1.29 is 237 Å². The molecule has 10 unspecified atom stereocenters. The van der Waals surface area contributed by atoms with E-state index in [0.717, 1.165) is 0 Å². The van der Waals surface area contributed by atoms with Crippen molar-refractivity contribution in [1.29, 1.82) is 0 Å². The van der Waals surface area contributed by atoms with Crippen molar-refractivity contribution in [3.63, 3.8) is 0 Å². The fourth-order valence-corrected chi connectivity index (χ4v) is 13.2. The molecule has 15 rings (SSSR count). The fourth-order valence-electron chi connectivity index (χ4n) is 13.2. The van der Waals surface area contributed by atoms with Crippen molar-refractivity contribution in [2.24, 2.45) is 0 Å². The minimum absolute atomic E-state index is 0.0750. The van der Waals surface area contributed by atoms with E-state index in [1.165, 1.54) is 0 Å². The van der Waals surface area contributed by atoms with Crippen LogP contribution < -0.4 is 9.47 Å². The Labute approximate surface area is 675 Å². The lowest BCUT2D eigenvalue weighted by Crippen LogP contribution is -2.63. The number of esters is 9. The Morgan fingerprint density at radius 2 is 0.545 bits per heavy atom. The number of aromatic hydroxyl groups is 25. The number of carbonyl (C=O) groups excluding carboxylic acids is 9. The van der Waals surface area contributed by atoms with Crippen molar-refractivity contribution in [3.05, 3.63) is 123 Å². The van der Waals surface area contributed by atoms with E-state index < -0.39 is 367 Å². The number of phenols is 25. The van der Waals surface area contributed by atoms with Gasteiger partial charge in [0.2, 0.25) is 58.4 Å². The molecule has 48 nitrogen and oxygen atoms in total. The molecular formula is C75H52O48. The zero-order valence-electron chi connectivity index (χ0n) is 60.2. The Kier molecular flexibility index (Phi) is 20.3. The molecule has 0 saturated carbocycles. The SMILES string of the molecule is O=C(OC1OC2COC(=O)c3cc4c(O)c(O)c3-c3c(cc(O)c(O)c3O)C(=O)OC2C(OC(=O)c2cc(O)c(O)c(O)c2)C1OC(=O)c1cc(O)c(O)c(O)c1Oc1cc2c(c(O)c1O)-c1c(cc(O)c(O)c1O)C(=O)OCC1OC(O)C(OC(=O)c3cc(O)c(O)c(O)c3O4)C(OC(=O)c3cc(O)c(O)c(O)c3)C1OC2=O)c1cc(O)c(O)c(O)c1. The molecule has 26 N–H and O–H groups in total. The average Bonchev–Trinajstić information content (AvgIpc) is 1.72. The smallest absolute Gasteiger partial charge is 0.342 e. The van der Waals surface area contributed by atoms with Gasteiger partial charge in [-0.05, 0) is 48.5 Å². The van der Waals surface area contributed by atoms with Gasteiger partial charge in [-0.3, -0.25) is 0 Å². The lowest BCUT2D eigenvalue weighted by atomic mass is 9.91. The Balaban J connectivity index is 1.05. The summed E-state index contributed by atoms with van der Waals surface area (Å²) in [5.41, 5.74) is -17.9. The standard InChI is InChI=1S/C75H52O48/c76-24-1-15(2-25(77)42(24)86)65(101)119-61-59-36-13-111-68(104)18-7-30(82)45(89)51(95)38(18)41-21(71(107)117-59)12-35(50(94)54(41)98)114-58-23(10-33(85)48(92)56(58)100)73(109)122-64-62(120-66(102)16-3-26(78)43(87)27(79)4-16)60-37(116-75(64)123-67(103)17-5-28(80)44(88)29(81)6-17)14-112-69(105)20-11-34(49(93)53(97)40(20)39-19(70(106)118-60)8-31(83)46(90)52(39)96)113-57-22(9-32(84)47(91)55(57)99)72(108)121-63(61)74(110)115-36/h1-12,36-37,59-64,74-100,110H,13-14H2. The van der Waals surface area contributed by atoms with Crippen LogP contribution in [0.1, 0.15) is 93.2 Å². The maximum Gasteiger partial charge on any atom is 0.342 e. The van der Waals surface area contributed by atoms with Gasteiger partial charge in [-0.1, -0.05) is 0 Å². The normalized spacial score (nSPS) is 20.5. The molecule has 0 radical (unpaired) electrons. The molecule has 6 aliphatic heterocycles. The summed E-state index contributed by atoms with van der Waals surface area (Å²) in [5.74, 6) is -64.8. The second-order valence-electron chi connectivity index (χ2n) is 26.7. The highest BCUT2D eigenvalue weighted by Crippen LogP contribution is 2.59. The Bertz CT molecular complexity index is 6070. The first kappa shape index (κ1) is 82.2. The van der Waals surface area contributed by atoms with Gasteiger partial charge in [0, 0.05) is 46.5 Å². The molecule has 9 bridgehead atoms. The Morgan fingerprint density at radius 1 is 0.276 bits per heavy atom. The van der Waals surface area contributed by atoms with Gasteiger partial charge in [0.05, 0.1) is 38.9 Å². The van der Waals surface area contributed by atoms with Crippen LogP contribution >= 0.6 is 0 Å². The highest BCUT2D eigenvalue weighted by molar-refractivity contribution is 6.11. The number of hydrogen-bond acceptors (Lipinski definition) is 48. The largest absolute Gasteiger partial charge is 0.504 e. The first-order valence-corrected chi connectivity index (χ1v) is 34.2. The van der Waals surface area contributed by atoms with Gasteiger partial charge in [-0.2, -0.15) is 0 Å². The molecule has 0 aliphatic carbocycles. The molecule has 0 aromatic heterocycles. The predicted octanol–water partition coefficient (Wildman–Crippen LogP) is 3.15. The summed E-state index contributed by atoms with van der Waals surface area (Å²) >= 11 is 0. The first-order chi connectivity index (χ1) is 58.0. The number of fused-ring (bicyclic) bond motifs is 7. The average molecular weight is 1720 g/mol. The van der Waals surface area contributed by atoms with Crippen LogP contribution in [0.3, 0.4) is 0 Å². The second-order valence-corrected chi connectivity index (χ2v) is 26.7. The number of benzene rings is 9. The zero-order chi connectivity index (χ0) is 89.3. The lowest BCUT2D eigenvalue weighted by molar-refractivity contribution is -0.284. The van der Waals surface area contributed by atoms with Crippen molar-refractivity contribution in [2.45, 2.75) is 61.4 Å². The fraction of sp³-hybridized carbons (Fsp3) is 0.160. The summed E-state index contributed by atoms with van der Waals surface area (Å²) in [4.78, 5) is 136. The third-order valence-electron chi connectivity index (χ3n) is 19.2. The van der Waals surface area contributed by atoms with E-state index in [9.17, 15) is 152 Å². The van der Waals surface area contributed by atoms with E-state index in [4.69, 9.17) is 61.6 Å². The van der Waals surface area contributed by atoms with E-state index in [-0.39, 0.29) is 36.4 Å². The van der Waals surface area contributed by atoms with Crippen molar-refractivity contribution >= 4 is 53.7 Å². The Morgan fingerprint density at radius 3 is 0.919 bits per heavy atom. The second kappa shape index (κ2) is 30.3. The number of phenolic OH excluding ortho intramolecular Hbond substituents is 25. The predicted molar refractivity (Wildman–Crippen MR) is 378 cm³/mol. The molecule has 2 saturated heterocycles. The van der Waals surface area contributed by atoms with Crippen LogP contribution in [0.2, 0.25) is 0 Å². The highest BCUT2D eigenvalue weighted by atomic mass is 16.8. The maximum atomic E-state index is 15.7. The van der Waals surface area contributed by atoms with Gasteiger partial charge < -0.3 is 194 Å². The molecule has 9 aromatic rings. The van der Waals surface area contributed by atoms with Crippen LogP contribution in [0.4, 0.5) is 0 Å². The monoisotopic (exact) mass is 1720 g/mol. The molecule has 9 aromatic carbocycles. The molecule has 10 atom stereocenters. The molecular weight excluding hydrogens is 1670 g/mol. The van der Waals surface area contributed by atoms with Crippen molar-refractivity contribution in [2.75, 3.05) is 13.2 Å². The first-order valence-electron chi connectivity index (χ1n) is 34.2. The lowest BCUT2D eigenvalue weighted by Gasteiger charge is -2.43.